The Morgan fingerprint density at radius 2 is 1.97 bits per heavy atom. The second-order valence-electron chi connectivity index (χ2n) is 7.90. The van der Waals surface area contributed by atoms with Gasteiger partial charge in [0.05, 0.1) is 15.9 Å². The molecule has 0 atom stereocenters. The van der Waals surface area contributed by atoms with E-state index in [1.54, 1.807) is 30.3 Å². The molecular formula is C26H19BrClFN2O4S. The van der Waals surface area contributed by atoms with Gasteiger partial charge in [-0.05, 0) is 93.8 Å². The molecule has 0 aromatic heterocycles. The number of thioether (sulfide) groups is 1. The Bertz CT molecular complexity index is 1400. The molecule has 0 unspecified atom stereocenters. The van der Waals surface area contributed by atoms with Crippen molar-refractivity contribution in [3.63, 3.8) is 0 Å². The van der Waals surface area contributed by atoms with Crippen molar-refractivity contribution in [2.24, 2.45) is 0 Å². The third-order valence-electron chi connectivity index (χ3n) is 5.13. The van der Waals surface area contributed by atoms with E-state index in [1.165, 1.54) is 12.1 Å². The number of amides is 3. The predicted molar refractivity (Wildman–Crippen MR) is 142 cm³/mol. The van der Waals surface area contributed by atoms with Gasteiger partial charge in [-0.3, -0.25) is 19.3 Å². The van der Waals surface area contributed by atoms with Gasteiger partial charge in [0.2, 0.25) is 0 Å². The first-order valence-corrected chi connectivity index (χ1v) is 12.7. The van der Waals surface area contributed by atoms with Crippen molar-refractivity contribution in [3.8, 4) is 5.75 Å². The minimum absolute atomic E-state index is 0.0534. The summed E-state index contributed by atoms with van der Waals surface area (Å²) in [5, 5.41) is 2.48. The van der Waals surface area contributed by atoms with Crippen LogP contribution in [0.5, 0.6) is 5.75 Å². The largest absolute Gasteiger partial charge is 0.483 e. The fourth-order valence-corrected chi connectivity index (χ4v) is 4.97. The van der Waals surface area contributed by atoms with Gasteiger partial charge in [0, 0.05) is 10.7 Å². The summed E-state index contributed by atoms with van der Waals surface area (Å²) in [6, 6.07) is 16.4. The molecule has 184 valence electrons. The van der Waals surface area contributed by atoms with Crippen molar-refractivity contribution in [3.05, 3.63) is 97.6 Å². The van der Waals surface area contributed by atoms with Gasteiger partial charge in [-0.2, -0.15) is 0 Å². The minimum Gasteiger partial charge on any atom is -0.483 e. The number of halogens is 3. The number of nitrogens with zero attached hydrogens (tertiary/aromatic N) is 1. The van der Waals surface area contributed by atoms with Gasteiger partial charge in [0.1, 0.15) is 11.6 Å². The molecule has 6 nitrogen and oxygen atoms in total. The number of imide groups is 1. The Hall–Kier alpha value is -3.14. The van der Waals surface area contributed by atoms with Crippen LogP contribution in [-0.4, -0.2) is 28.6 Å². The summed E-state index contributed by atoms with van der Waals surface area (Å²) in [4.78, 5) is 38.8. The molecule has 4 rings (SSSR count). The van der Waals surface area contributed by atoms with Crippen LogP contribution in [0, 0.1) is 12.7 Å². The number of aryl methyl sites for hydroxylation is 1. The van der Waals surface area contributed by atoms with Crippen LogP contribution in [-0.2, 0) is 16.1 Å². The number of rotatable bonds is 7. The Labute approximate surface area is 224 Å². The summed E-state index contributed by atoms with van der Waals surface area (Å²) in [6.45, 7) is 1.70. The summed E-state index contributed by atoms with van der Waals surface area (Å²) < 4.78 is 19.5. The smallest absolute Gasteiger partial charge is 0.293 e. The highest BCUT2D eigenvalue weighted by molar-refractivity contribution is 9.10. The van der Waals surface area contributed by atoms with E-state index in [9.17, 15) is 18.8 Å². The zero-order valence-corrected chi connectivity index (χ0v) is 22.0. The van der Waals surface area contributed by atoms with Gasteiger partial charge in [-0.25, -0.2) is 4.39 Å². The Morgan fingerprint density at radius 3 is 2.69 bits per heavy atom. The molecule has 3 amide bonds. The van der Waals surface area contributed by atoms with Crippen molar-refractivity contribution in [2.45, 2.75) is 13.5 Å². The van der Waals surface area contributed by atoms with Crippen molar-refractivity contribution in [2.75, 3.05) is 11.9 Å². The SMILES string of the molecule is Cc1cccc(NC(=O)COc2ccc(/C=C3\SC(=O)N(Cc4ccc(F)cc4Cl)C3=O)cc2Br)c1. The van der Waals surface area contributed by atoms with Crippen LogP contribution in [0.4, 0.5) is 14.9 Å². The van der Waals surface area contributed by atoms with E-state index in [2.05, 4.69) is 21.2 Å². The Morgan fingerprint density at radius 1 is 1.17 bits per heavy atom. The third kappa shape index (κ3) is 6.34. The number of anilines is 1. The summed E-state index contributed by atoms with van der Waals surface area (Å²) in [6.07, 6.45) is 1.59. The van der Waals surface area contributed by atoms with E-state index < -0.39 is 17.0 Å². The fourth-order valence-electron chi connectivity index (χ4n) is 3.40. The summed E-state index contributed by atoms with van der Waals surface area (Å²) in [5.74, 6) is -0.811. The standard InChI is InChI=1S/C26H19BrClFN2O4S/c1-15-3-2-4-19(9-15)30-24(32)14-35-22-8-5-16(10-20(22)27)11-23-25(33)31(26(34)36-23)13-17-6-7-18(29)12-21(17)28/h2-12H,13-14H2,1H3,(H,30,32)/b23-11-. The lowest BCUT2D eigenvalue weighted by Gasteiger charge is -2.13. The van der Waals surface area contributed by atoms with Gasteiger partial charge in [0.15, 0.2) is 6.61 Å². The quantitative estimate of drug-likeness (QED) is 0.307. The number of hydrogen-bond acceptors (Lipinski definition) is 5. The summed E-state index contributed by atoms with van der Waals surface area (Å²) in [7, 11) is 0. The first kappa shape index (κ1) is 25.9. The van der Waals surface area contributed by atoms with Crippen LogP contribution >= 0.6 is 39.3 Å². The van der Waals surface area contributed by atoms with Crippen LogP contribution in [0.2, 0.25) is 5.02 Å². The second kappa shape index (κ2) is 11.3. The second-order valence-corrected chi connectivity index (χ2v) is 10.2. The molecule has 0 aliphatic carbocycles. The van der Waals surface area contributed by atoms with Crippen LogP contribution < -0.4 is 10.1 Å². The number of carbonyl (C=O) groups excluding carboxylic acids is 3. The highest BCUT2D eigenvalue weighted by Crippen LogP contribution is 2.35. The van der Waals surface area contributed by atoms with Crippen LogP contribution in [0.3, 0.4) is 0 Å². The molecule has 1 heterocycles. The highest BCUT2D eigenvalue weighted by Gasteiger charge is 2.35. The molecule has 36 heavy (non-hydrogen) atoms. The third-order valence-corrected chi connectivity index (χ3v) is 7.01. The predicted octanol–water partition coefficient (Wildman–Crippen LogP) is 6.80. The number of benzene rings is 3. The Balaban J connectivity index is 1.39. The molecule has 10 heteroatoms. The maximum Gasteiger partial charge on any atom is 0.293 e. The van der Waals surface area contributed by atoms with E-state index in [0.29, 0.717) is 27.0 Å². The lowest BCUT2D eigenvalue weighted by Crippen LogP contribution is -2.27. The molecule has 1 saturated heterocycles. The summed E-state index contributed by atoms with van der Waals surface area (Å²) >= 11 is 10.3. The normalized spacial score (nSPS) is 14.4. The van der Waals surface area contributed by atoms with Crippen molar-refractivity contribution >= 4 is 68.1 Å². The van der Waals surface area contributed by atoms with E-state index in [0.717, 1.165) is 28.3 Å². The molecule has 0 spiro atoms. The van der Waals surface area contributed by atoms with Crippen molar-refractivity contribution in [1.82, 2.24) is 4.90 Å². The maximum absolute atomic E-state index is 13.3. The van der Waals surface area contributed by atoms with Crippen LogP contribution in [0.1, 0.15) is 16.7 Å². The highest BCUT2D eigenvalue weighted by atomic mass is 79.9. The van der Waals surface area contributed by atoms with Crippen LogP contribution in [0.15, 0.2) is 70.0 Å². The maximum atomic E-state index is 13.3. The molecule has 1 fully saturated rings. The summed E-state index contributed by atoms with van der Waals surface area (Å²) in [5.41, 5.74) is 2.85. The molecule has 0 saturated carbocycles. The molecule has 1 aliphatic heterocycles. The van der Waals surface area contributed by atoms with Gasteiger partial charge in [0.25, 0.3) is 17.1 Å². The van der Waals surface area contributed by atoms with E-state index in [4.69, 9.17) is 16.3 Å². The first-order valence-electron chi connectivity index (χ1n) is 10.7. The molecule has 1 N–H and O–H groups in total. The Kier molecular flexibility index (Phi) is 8.13. The van der Waals surface area contributed by atoms with E-state index >= 15 is 0 Å². The minimum atomic E-state index is -0.498. The number of ether oxygens (including phenoxy) is 1. The zero-order valence-electron chi connectivity index (χ0n) is 18.9. The van der Waals surface area contributed by atoms with Crippen molar-refractivity contribution < 1.29 is 23.5 Å². The van der Waals surface area contributed by atoms with Crippen molar-refractivity contribution in [1.29, 1.82) is 0 Å². The monoisotopic (exact) mass is 588 g/mol. The fraction of sp³-hybridized carbons (Fsp3) is 0.115. The topological polar surface area (TPSA) is 75.7 Å². The van der Waals surface area contributed by atoms with Gasteiger partial charge >= 0.3 is 0 Å². The first-order chi connectivity index (χ1) is 17.2. The molecule has 3 aromatic rings. The van der Waals surface area contributed by atoms with Gasteiger partial charge in [-0.15, -0.1) is 0 Å². The molecule has 3 aromatic carbocycles. The number of hydrogen-bond donors (Lipinski definition) is 1. The molecular weight excluding hydrogens is 571 g/mol. The van der Waals surface area contributed by atoms with Gasteiger partial charge in [-0.1, -0.05) is 35.9 Å². The lowest BCUT2D eigenvalue weighted by molar-refractivity contribution is -0.123. The average molecular weight is 590 g/mol. The van der Waals surface area contributed by atoms with Gasteiger partial charge < -0.3 is 10.1 Å². The average Bonchev–Trinajstić information content (AvgIpc) is 3.07. The lowest BCUT2D eigenvalue weighted by atomic mass is 10.2. The van der Waals surface area contributed by atoms with Crippen LogP contribution in [0.25, 0.3) is 6.08 Å². The van der Waals surface area contributed by atoms with E-state index in [1.807, 2.05) is 25.1 Å². The van der Waals surface area contributed by atoms with E-state index in [-0.39, 0.29) is 29.0 Å². The zero-order chi connectivity index (χ0) is 25.8. The number of carbonyl (C=O) groups is 3. The number of nitrogens with one attached hydrogen (secondary N) is 1. The molecule has 0 bridgehead atoms. The molecule has 1 aliphatic rings. The molecule has 0 radical (unpaired) electrons.